The van der Waals surface area contributed by atoms with Crippen molar-refractivity contribution in [2.45, 2.75) is 68.2 Å². The molecule has 0 aliphatic heterocycles. The monoisotopic (exact) mass is 224 g/mol. The molecule has 96 valence electrons. The van der Waals surface area contributed by atoms with Crippen LogP contribution in [-0.4, -0.2) is 0 Å². The Bertz CT molecular complexity index is 198. The van der Waals surface area contributed by atoms with Gasteiger partial charge in [-0.3, -0.25) is 0 Å². The van der Waals surface area contributed by atoms with Crippen LogP contribution in [-0.2, 0) is 0 Å². The summed E-state index contributed by atoms with van der Waals surface area (Å²) in [5, 5.41) is 0. The fraction of sp³-hybridized carbons (Fsp3) is 1.00. The van der Waals surface area contributed by atoms with Gasteiger partial charge in [-0.15, -0.1) is 0 Å². The molecule has 0 amide bonds. The molecule has 0 N–H and O–H groups in total. The third-order valence-corrected chi connectivity index (χ3v) is 7.18. The maximum atomic E-state index is 2.52. The molecule has 1 aliphatic rings. The summed E-state index contributed by atoms with van der Waals surface area (Å²) in [6, 6.07) is 0. The summed E-state index contributed by atoms with van der Waals surface area (Å²) in [5.74, 6) is 3.37. The first-order chi connectivity index (χ1) is 7.25. The number of hydrogen-bond acceptors (Lipinski definition) is 0. The summed E-state index contributed by atoms with van der Waals surface area (Å²) >= 11 is 0. The molecule has 0 heteroatoms. The number of rotatable bonds is 2. The molecule has 1 aliphatic carbocycles. The second kappa shape index (κ2) is 4.35. The molecule has 4 unspecified atom stereocenters. The average molecular weight is 224 g/mol. The van der Waals surface area contributed by atoms with Gasteiger partial charge in [0, 0.05) is 0 Å². The summed E-state index contributed by atoms with van der Waals surface area (Å²) < 4.78 is 0. The summed E-state index contributed by atoms with van der Waals surface area (Å²) in [6.07, 6.45) is 2.65. The molecular weight excluding hydrogens is 192 g/mol. The first-order valence-corrected chi connectivity index (χ1v) is 7.25. The fourth-order valence-corrected chi connectivity index (χ4v) is 4.40. The smallest absolute Gasteiger partial charge is 0.0272 e. The van der Waals surface area contributed by atoms with Crippen molar-refractivity contribution in [1.29, 1.82) is 0 Å². The average Bonchev–Trinajstić information content (AvgIpc) is 2.31. The highest BCUT2D eigenvalue weighted by Gasteiger charge is 2.53. The van der Waals surface area contributed by atoms with Crippen molar-refractivity contribution in [3.63, 3.8) is 0 Å². The lowest BCUT2D eigenvalue weighted by Gasteiger charge is -2.60. The largest absolute Gasteiger partial charge is 0.0648 e. The van der Waals surface area contributed by atoms with Crippen LogP contribution < -0.4 is 0 Å². The first kappa shape index (κ1) is 14.1. The fourth-order valence-electron chi connectivity index (χ4n) is 4.40. The van der Waals surface area contributed by atoms with Crippen LogP contribution in [0.1, 0.15) is 68.2 Å². The van der Waals surface area contributed by atoms with Crippen LogP contribution in [0.4, 0.5) is 0 Å². The van der Waals surface area contributed by atoms with E-state index in [1.54, 1.807) is 0 Å². The minimum atomic E-state index is 0.535. The summed E-state index contributed by atoms with van der Waals surface area (Å²) in [5.41, 5.74) is 1.07. The molecule has 4 atom stereocenters. The van der Waals surface area contributed by atoms with Crippen LogP contribution in [0.2, 0.25) is 0 Å². The van der Waals surface area contributed by atoms with E-state index in [1.807, 2.05) is 0 Å². The SMILES string of the molecule is CCC1(C)C(C)C(C)C(C)(CC)C(C)C1C. The Labute approximate surface area is 103 Å². The van der Waals surface area contributed by atoms with Crippen LogP contribution in [0, 0.1) is 34.5 Å². The molecule has 0 saturated heterocycles. The van der Waals surface area contributed by atoms with Gasteiger partial charge in [-0.05, 0) is 34.5 Å². The van der Waals surface area contributed by atoms with Gasteiger partial charge in [0.05, 0.1) is 0 Å². The van der Waals surface area contributed by atoms with E-state index in [-0.39, 0.29) is 0 Å². The number of hydrogen-bond donors (Lipinski definition) is 0. The van der Waals surface area contributed by atoms with E-state index < -0.39 is 0 Å². The maximum Gasteiger partial charge on any atom is -0.0272 e. The van der Waals surface area contributed by atoms with E-state index in [0.717, 1.165) is 23.7 Å². The molecule has 1 fully saturated rings. The minimum absolute atomic E-state index is 0.535. The van der Waals surface area contributed by atoms with Crippen LogP contribution in [0.5, 0.6) is 0 Å². The van der Waals surface area contributed by atoms with E-state index >= 15 is 0 Å². The molecule has 16 heavy (non-hydrogen) atoms. The predicted octanol–water partition coefficient (Wildman–Crippen LogP) is 5.38. The van der Waals surface area contributed by atoms with Crippen molar-refractivity contribution in [2.75, 3.05) is 0 Å². The zero-order chi connectivity index (χ0) is 12.7. The Morgan fingerprint density at radius 1 is 0.625 bits per heavy atom. The van der Waals surface area contributed by atoms with Gasteiger partial charge in [-0.2, -0.15) is 0 Å². The second-order valence-electron chi connectivity index (χ2n) is 6.87. The standard InChI is InChI=1S/C16H32/c1-9-15(7)11(3)13(5)16(8,10-2)14(6)12(15)4/h11-14H,9-10H2,1-8H3. The molecular formula is C16H32. The van der Waals surface area contributed by atoms with E-state index in [4.69, 9.17) is 0 Å². The lowest BCUT2D eigenvalue weighted by atomic mass is 9.45. The quantitative estimate of drug-likeness (QED) is 0.591. The molecule has 0 bridgehead atoms. The Hall–Kier alpha value is 0. The Morgan fingerprint density at radius 3 is 0.938 bits per heavy atom. The minimum Gasteiger partial charge on any atom is -0.0648 e. The molecule has 1 saturated carbocycles. The summed E-state index contributed by atoms with van der Waals surface area (Å²) in [7, 11) is 0. The normalized spacial score (nSPS) is 54.0. The summed E-state index contributed by atoms with van der Waals surface area (Å²) in [4.78, 5) is 0. The van der Waals surface area contributed by atoms with Crippen molar-refractivity contribution in [3.8, 4) is 0 Å². The second-order valence-corrected chi connectivity index (χ2v) is 6.87. The van der Waals surface area contributed by atoms with E-state index in [0.29, 0.717) is 10.8 Å². The van der Waals surface area contributed by atoms with Gasteiger partial charge in [0.25, 0.3) is 0 Å². The molecule has 1 rings (SSSR count). The zero-order valence-corrected chi connectivity index (χ0v) is 12.7. The van der Waals surface area contributed by atoms with E-state index in [1.165, 1.54) is 12.8 Å². The van der Waals surface area contributed by atoms with Gasteiger partial charge in [0.1, 0.15) is 0 Å². The molecule has 0 aromatic rings. The zero-order valence-electron chi connectivity index (χ0n) is 12.7. The van der Waals surface area contributed by atoms with Crippen molar-refractivity contribution >= 4 is 0 Å². The van der Waals surface area contributed by atoms with E-state index in [9.17, 15) is 0 Å². The first-order valence-electron chi connectivity index (χ1n) is 7.25. The third-order valence-electron chi connectivity index (χ3n) is 7.18. The van der Waals surface area contributed by atoms with Gasteiger partial charge < -0.3 is 0 Å². The van der Waals surface area contributed by atoms with Crippen molar-refractivity contribution in [1.82, 2.24) is 0 Å². The van der Waals surface area contributed by atoms with Crippen molar-refractivity contribution in [2.24, 2.45) is 34.5 Å². The molecule has 0 heterocycles. The highest BCUT2D eigenvalue weighted by Crippen LogP contribution is 2.60. The molecule has 0 radical (unpaired) electrons. The van der Waals surface area contributed by atoms with Crippen LogP contribution in [0.15, 0.2) is 0 Å². The molecule has 0 nitrogen and oxygen atoms in total. The molecule has 0 spiro atoms. The summed E-state index contributed by atoms with van der Waals surface area (Å²) in [6.45, 7) is 19.8. The highest BCUT2D eigenvalue weighted by molar-refractivity contribution is 5.02. The topological polar surface area (TPSA) is 0 Å². The van der Waals surface area contributed by atoms with E-state index in [2.05, 4.69) is 55.4 Å². The third kappa shape index (κ3) is 1.64. The van der Waals surface area contributed by atoms with Gasteiger partial charge in [-0.1, -0.05) is 68.2 Å². The van der Waals surface area contributed by atoms with Crippen LogP contribution in [0.3, 0.4) is 0 Å². The maximum absolute atomic E-state index is 2.52. The Kier molecular flexibility index (Phi) is 3.82. The predicted molar refractivity (Wildman–Crippen MR) is 73.5 cm³/mol. The van der Waals surface area contributed by atoms with Crippen LogP contribution in [0.25, 0.3) is 0 Å². The lowest BCUT2D eigenvalue weighted by Crippen LogP contribution is -2.53. The molecule has 0 aromatic heterocycles. The molecule has 0 aromatic carbocycles. The lowest BCUT2D eigenvalue weighted by molar-refractivity contribution is -0.112. The van der Waals surface area contributed by atoms with Crippen molar-refractivity contribution in [3.05, 3.63) is 0 Å². The van der Waals surface area contributed by atoms with Gasteiger partial charge in [0.2, 0.25) is 0 Å². The van der Waals surface area contributed by atoms with Gasteiger partial charge >= 0.3 is 0 Å². The van der Waals surface area contributed by atoms with Gasteiger partial charge in [0.15, 0.2) is 0 Å². The highest BCUT2D eigenvalue weighted by atomic mass is 14.6. The van der Waals surface area contributed by atoms with Crippen LogP contribution >= 0.6 is 0 Å². The Morgan fingerprint density at radius 2 is 0.812 bits per heavy atom. The van der Waals surface area contributed by atoms with Gasteiger partial charge in [-0.25, -0.2) is 0 Å². The Balaban J connectivity index is 3.14. The van der Waals surface area contributed by atoms with Crippen molar-refractivity contribution < 1.29 is 0 Å².